The summed E-state index contributed by atoms with van der Waals surface area (Å²) in [6.45, 7) is 0. The summed E-state index contributed by atoms with van der Waals surface area (Å²) in [5.41, 5.74) is 0. The van der Waals surface area contributed by atoms with Gasteiger partial charge in [0.05, 0.1) is 4.90 Å². The second kappa shape index (κ2) is 6.71. The highest BCUT2D eigenvalue weighted by Gasteiger charge is 2.28. The maximum absolute atomic E-state index is 13.4. The van der Waals surface area contributed by atoms with Crippen LogP contribution < -0.4 is 4.18 Å². The van der Waals surface area contributed by atoms with Crippen LogP contribution in [0.4, 0.5) is 35.1 Å². The fraction of sp³-hybridized carbons (Fsp3) is 0. The van der Waals surface area contributed by atoms with Crippen LogP contribution in [-0.2, 0) is 9.15 Å². The zero-order chi connectivity index (χ0) is 19.1. The van der Waals surface area contributed by atoms with Gasteiger partial charge in [0, 0.05) is 16.9 Å². The molecule has 0 atom stereocenters. The van der Waals surface area contributed by atoms with E-state index in [0.29, 0.717) is 0 Å². The monoisotopic (exact) mass is 410 g/mol. The Morgan fingerprint density at radius 2 is 1.16 bits per heavy atom. The first-order chi connectivity index (χ1) is 11.4. The largest absolute Gasteiger partial charge is 0.371 e. The third-order valence-electron chi connectivity index (χ3n) is 2.52. The van der Waals surface area contributed by atoms with Crippen molar-refractivity contribution in [3.63, 3.8) is 0 Å². The summed E-state index contributed by atoms with van der Waals surface area (Å²) in [6.07, 6.45) is 0. The van der Waals surface area contributed by atoms with Crippen molar-refractivity contribution in [2.75, 3.05) is 0 Å². The van der Waals surface area contributed by atoms with Crippen molar-refractivity contribution in [1.82, 2.24) is 0 Å². The molecule has 25 heavy (non-hydrogen) atoms. The molecule has 3 nitrogen and oxygen atoms in total. The molecule has 0 aliphatic carbocycles. The SMILES string of the molecule is O=S(=O)(Oc1cc(F)c(F)c(F)c1F)Sc1cc(F)c(F)c(F)c1F. The highest BCUT2D eigenvalue weighted by Crippen LogP contribution is 2.34. The zero-order valence-corrected chi connectivity index (χ0v) is 12.9. The Labute approximate surface area is 137 Å². The molecule has 0 aliphatic heterocycles. The van der Waals surface area contributed by atoms with Gasteiger partial charge in [-0.15, -0.1) is 0 Å². The van der Waals surface area contributed by atoms with Gasteiger partial charge in [-0.3, -0.25) is 0 Å². The van der Waals surface area contributed by atoms with Crippen molar-refractivity contribution in [2.24, 2.45) is 0 Å². The molecule has 2 rings (SSSR count). The predicted octanol–water partition coefficient (Wildman–Crippen LogP) is 4.22. The molecule has 0 heterocycles. The van der Waals surface area contributed by atoms with Crippen molar-refractivity contribution in [3.8, 4) is 5.75 Å². The number of halogens is 8. The van der Waals surface area contributed by atoms with Crippen LogP contribution in [0.25, 0.3) is 0 Å². The summed E-state index contributed by atoms with van der Waals surface area (Å²) in [5.74, 6) is -19.1. The van der Waals surface area contributed by atoms with Crippen molar-refractivity contribution >= 4 is 19.9 Å². The van der Waals surface area contributed by atoms with Gasteiger partial charge >= 0.3 is 9.15 Å². The van der Waals surface area contributed by atoms with Crippen LogP contribution in [0.3, 0.4) is 0 Å². The van der Waals surface area contributed by atoms with Gasteiger partial charge in [-0.05, 0) is 6.07 Å². The molecular formula is C12H2F8O3S2. The predicted molar refractivity (Wildman–Crippen MR) is 68.0 cm³/mol. The van der Waals surface area contributed by atoms with Crippen LogP contribution in [0.1, 0.15) is 0 Å². The Hall–Kier alpha value is -2.02. The van der Waals surface area contributed by atoms with E-state index in [-0.39, 0.29) is 12.1 Å². The Morgan fingerprint density at radius 1 is 0.680 bits per heavy atom. The van der Waals surface area contributed by atoms with Crippen LogP contribution in [0.5, 0.6) is 5.75 Å². The molecule has 13 heteroatoms. The molecule has 0 aliphatic rings. The lowest BCUT2D eigenvalue weighted by Gasteiger charge is -2.09. The van der Waals surface area contributed by atoms with E-state index in [4.69, 9.17) is 0 Å². The molecule has 2 aromatic carbocycles. The lowest BCUT2D eigenvalue weighted by Crippen LogP contribution is -2.09. The smallest absolute Gasteiger partial charge is 0.371 e. The molecule has 0 saturated heterocycles. The zero-order valence-electron chi connectivity index (χ0n) is 11.2. The molecule has 2 aromatic rings. The molecule has 0 amide bonds. The van der Waals surface area contributed by atoms with Gasteiger partial charge in [0.15, 0.2) is 40.7 Å². The molecule has 0 unspecified atom stereocenters. The van der Waals surface area contributed by atoms with E-state index < -0.39 is 77.1 Å². The number of benzene rings is 2. The average Bonchev–Trinajstić information content (AvgIpc) is 2.53. The third kappa shape index (κ3) is 3.81. The summed E-state index contributed by atoms with van der Waals surface area (Å²) < 4.78 is 131. The van der Waals surface area contributed by atoms with Crippen molar-refractivity contribution in [1.29, 1.82) is 0 Å². The molecule has 0 bridgehead atoms. The summed E-state index contributed by atoms with van der Waals surface area (Å²) in [6, 6.07) is -0.199. The summed E-state index contributed by atoms with van der Waals surface area (Å²) in [7, 11) is -5.95. The molecule has 0 spiro atoms. The minimum atomic E-state index is -5.20. The Balaban J connectivity index is 2.40. The van der Waals surface area contributed by atoms with Crippen LogP contribution in [-0.4, -0.2) is 8.42 Å². The Morgan fingerprint density at radius 3 is 1.72 bits per heavy atom. The molecule has 0 N–H and O–H groups in total. The van der Waals surface area contributed by atoms with Gasteiger partial charge in [0.25, 0.3) is 0 Å². The summed E-state index contributed by atoms with van der Waals surface area (Å²) >= 11 is 0. The number of hydrogen-bond acceptors (Lipinski definition) is 4. The second-order valence-electron chi connectivity index (χ2n) is 4.17. The minimum absolute atomic E-state index is 0.0402. The molecule has 0 radical (unpaired) electrons. The second-order valence-corrected chi connectivity index (χ2v) is 7.49. The maximum Gasteiger partial charge on any atom is 0.371 e. The number of rotatable bonds is 4. The van der Waals surface area contributed by atoms with Crippen molar-refractivity contribution in [3.05, 3.63) is 58.7 Å². The molecular weight excluding hydrogens is 408 g/mol. The first-order valence-corrected chi connectivity index (χ1v) is 8.48. The van der Waals surface area contributed by atoms with Gasteiger partial charge in [0.1, 0.15) is 0 Å². The van der Waals surface area contributed by atoms with Crippen molar-refractivity contribution < 1.29 is 47.7 Å². The minimum Gasteiger partial charge on any atom is -0.371 e. The van der Waals surface area contributed by atoms with Gasteiger partial charge in [0.2, 0.25) is 11.6 Å². The van der Waals surface area contributed by atoms with Gasteiger partial charge < -0.3 is 4.18 Å². The average molecular weight is 410 g/mol. The van der Waals surface area contributed by atoms with Crippen LogP contribution in [0, 0.1) is 46.5 Å². The van der Waals surface area contributed by atoms with Crippen LogP contribution in [0.15, 0.2) is 17.0 Å². The topological polar surface area (TPSA) is 43.4 Å². The van der Waals surface area contributed by atoms with E-state index in [1.165, 1.54) is 0 Å². The first-order valence-electron chi connectivity index (χ1n) is 5.74. The molecule has 0 saturated carbocycles. The fourth-order valence-corrected chi connectivity index (χ4v) is 3.72. The molecule has 0 fully saturated rings. The maximum atomic E-state index is 13.4. The van der Waals surface area contributed by atoms with Crippen molar-refractivity contribution in [2.45, 2.75) is 4.90 Å². The van der Waals surface area contributed by atoms with Gasteiger partial charge in [-0.2, -0.15) is 12.8 Å². The molecule has 0 aromatic heterocycles. The first kappa shape index (κ1) is 19.3. The van der Waals surface area contributed by atoms with Crippen LogP contribution >= 0.6 is 10.8 Å². The van der Waals surface area contributed by atoms with E-state index >= 15 is 0 Å². The highest BCUT2D eigenvalue weighted by atomic mass is 33.1. The van der Waals surface area contributed by atoms with Gasteiger partial charge in [-0.25, -0.2) is 30.7 Å². The standard InChI is InChI=1S/C12H2F8O3S2/c13-3-1-5(9(17)11(19)7(3)15)23-25(21,22)24-6-2-4(14)8(16)12(20)10(6)18/h1-2H. The fourth-order valence-electron chi connectivity index (χ4n) is 1.46. The van der Waals surface area contributed by atoms with E-state index in [1.807, 2.05) is 0 Å². The van der Waals surface area contributed by atoms with E-state index in [9.17, 15) is 43.5 Å². The van der Waals surface area contributed by atoms with E-state index in [1.54, 1.807) is 0 Å². The lowest BCUT2D eigenvalue weighted by atomic mass is 10.3. The Bertz CT molecular complexity index is 890. The summed E-state index contributed by atoms with van der Waals surface area (Å²) in [4.78, 5) is -1.32. The van der Waals surface area contributed by atoms with Crippen LogP contribution in [0.2, 0.25) is 0 Å². The highest BCUT2D eigenvalue weighted by molar-refractivity contribution is 8.70. The normalized spacial score (nSPS) is 11.7. The quantitative estimate of drug-likeness (QED) is 0.328. The molecule has 136 valence electrons. The van der Waals surface area contributed by atoms with E-state index in [0.717, 1.165) is 0 Å². The lowest BCUT2D eigenvalue weighted by molar-refractivity contribution is 0.386. The van der Waals surface area contributed by atoms with Gasteiger partial charge in [-0.1, -0.05) is 0 Å². The third-order valence-corrected chi connectivity index (χ3v) is 4.94. The Kier molecular flexibility index (Phi) is 5.18. The summed E-state index contributed by atoms with van der Waals surface area (Å²) in [5, 5.41) is 0. The van der Waals surface area contributed by atoms with E-state index in [2.05, 4.69) is 4.18 Å². The number of hydrogen-bond donors (Lipinski definition) is 0.